The fourth-order valence-electron chi connectivity index (χ4n) is 3.12. The van der Waals surface area contributed by atoms with Gasteiger partial charge in [-0.3, -0.25) is 0 Å². The first-order valence-electron chi connectivity index (χ1n) is 8.21. The van der Waals surface area contributed by atoms with Crippen LogP contribution in [0.1, 0.15) is 17.5 Å². The minimum Gasteiger partial charge on any atom is -0.223 e. The number of nitrogens with zero attached hydrogens (tertiary/aromatic N) is 1. The van der Waals surface area contributed by atoms with Crippen LogP contribution in [0.3, 0.4) is 0 Å². The van der Waals surface area contributed by atoms with Crippen LogP contribution < -0.4 is 0 Å². The van der Waals surface area contributed by atoms with Crippen LogP contribution in [0.15, 0.2) is 53.4 Å². The molecule has 8 heteroatoms. The van der Waals surface area contributed by atoms with Crippen molar-refractivity contribution in [1.29, 1.82) is 0 Å². The molecule has 0 spiro atoms. The van der Waals surface area contributed by atoms with E-state index in [2.05, 4.69) is 0 Å². The van der Waals surface area contributed by atoms with E-state index >= 15 is 0 Å². The molecule has 3 rings (SSSR count). The molecule has 1 unspecified atom stereocenters. The number of sulfone groups is 1. The third kappa shape index (κ3) is 4.11. The van der Waals surface area contributed by atoms with E-state index in [-0.39, 0.29) is 30.2 Å². The number of hydrogen-bond acceptors (Lipinski definition) is 4. The lowest BCUT2D eigenvalue weighted by Gasteiger charge is -2.17. The molecule has 26 heavy (non-hydrogen) atoms. The van der Waals surface area contributed by atoms with Crippen LogP contribution in [0.25, 0.3) is 0 Å². The summed E-state index contributed by atoms with van der Waals surface area (Å²) in [6, 6.07) is 13.3. The van der Waals surface area contributed by atoms with Crippen LogP contribution in [-0.2, 0) is 25.6 Å². The Hall–Kier alpha value is -1.41. The first-order valence-corrected chi connectivity index (χ1v) is 11.7. The largest absolute Gasteiger partial charge is 0.223 e. The Morgan fingerprint density at radius 2 is 1.77 bits per heavy atom. The molecular formula is C18H20ClNO4S2. The number of halogens is 1. The van der Waals surface area contributed by atoms with Crippen molar-refractivity contribution in [3.63, 3.8) is 0 Å². The molecule has 2 aromatic rings. The second kappa shape index (κ2) is 7.31. The summed E-state index contributed by atoms with van der Waals surface area (Å²) in [5, 5.41) is -0.284. The Balaban J connectivity index is 1.76. The molecule has 0 saturated carbocycles. The molecule has 0 N–H and O–H groups in total. The van der Waals surface area contributed by atoms with E-state index in [9.17, 15) is 16.8 Å². The summed E-state index contributed by atoms with van der Waals surface area (Å²) in [6.07, 6.45) is 0.290. The molecule has 1 saturated heterocycles. The summed E-state index contributed by atoms with van der Waals surface area (Å²) >= 11 is 5.81. The van der Waals surface area contributed by atoms with Gasteiger partial charge >= 0.3 is 0 Å². The standard InChI is InChI=1S/C18H20ClNO4S2/c1-14-3-2-4-15(11-14)13-25(21,22)20-10-9-18(12-20)26(23,24)17-7-5-16(19)6-8-17/h2-8,11,18H,9-10,12-13H2,1H3. The van der Waals surface area contributed by atoms with Crippen molar-refractivity contribution in [1.82, 2.24) is 4.31 Å². The Morgan fingerprint density at radius 3 is 2.42 bits per heavy atom. The molecule has 0 radical (unpaired) electrons. The summed E-state index contributed by atoms with van der Waals surface area (Å²) in [5.41, 5.74) is 1.69. The van der Waals surface area contributed by atoms with Gasteiger partial charge in [-0.2, -0.15) is 0 Å². The maximum absolute atomic E-state index is 12.8. The molecule has 1 heterocycles. The second-order valence-corrected chi connectivity index (χ2v) is 11.1. The maximum Gasteiger partial charge on any atom is 0.218 e. The highest BCUT2D eigenvalue weighted by Crippen LogP contribution is 2.27. The monoisotopic (exact) mass is 413 g/mol. The molecule has 2 aromatic carbocycles. The van der Waals surface area contributed by atoms with E-state index < -0.39 is 25.1 Å². The lowest BCUT2D eigenvalue weighted by Crippen LogP contribution is -2.32. The number of rotatable bonds is 5. The highest BCUT2D eigenvalue weighted by atomic mass is 35.5. The van der Waals surface area contributed by atoms with Gasteiger partial charge in [0, 0.05) is 18.1 Å². The van der Waals surface area contributed by atoms with Gasteiger partial charge in [0.15, 0.2) is 9.84 Å². The summed E-state index contributed by atoms with van der Waals surface area (Å²) < 4.78 is 52.2. The fraction of sp³-hybridized carbons (Fsp3) is 0.333. The smallest absolute Gasteiger partial charge is 0.218 e. The number of benzene rings is 2. The van der Waals surface area contributed by atoms with Crippen LogP contribution in [0, 0.1) is 6.92 Å². The molecule has 0 aromatic heterocycles. The fourth-order valence-corrected chi connectivity index (χ4v) is 6.61. The van der Waals surface area contributed by atoms with Gasteiger partial charge in [-0.25, -0.2) is 21.1 Å². The van der Waals surface area contributed by atoms with E-state index in [1.807, 2.05) is 25.1 Å². The molecule has 1 aliphatic rings. The Bertz CT molecular complexity index is 1000. The zero-order valence-corrected chi connectivity index (χ0v) is 16.7. The van der Waals surface area contributed by atoms with E-state index in [1.165, 1.54) is 28.6 Å². The third-order valence-corrected chi connectivity index (χ3v) is 8.77. The van der Waals surface area contributed by atoms with Gasteiger partial charge in [0.2, 0.25) is 10.0 Å². The lowest BCUT2D eigenvalue weighted by molar-refractivity contribution is 0.475. The molecule has 140 valence electrons. The first-order chi connectivity index (χ1) is 12.2. The highest BCUT2D eigenvalue weighted by Gasteiger charge is 2.38. The molecule has 1 atom stereocenters. The highest BCUT2D eigenvalue weighted by molar-refractivity contribution is 7.92. The minimum atomic E-state index is -3.59. The molecule has 1 aliphatic heterocycles. The molecular weight excluding hydrogens is 394 g/mol. The number of sulfonamides is 1. The number of hydrogen-bond donors (Lipinski definition) is 0. The van der Waals surface area contributed by atoms with Crippen LogP contribution in [-0.4, -0.2) is 39.5 Å². The van der Waals surface area contributed by atoms with E-state index in [0.29, 0.717) is 10.6 Å². The van der Waals surface area contributed by atoms with Crippen molar-refractivity contribution < 1.29 is 16.8 Å². The van der Waals surface area contributed by atoms with Gasteiger partial charge < -0.3 is 0 Å². The van der Waals surface area contributed by atoms with E-state index in [0.717, 1.165) is 5.56 Å². The van der Waals surface area contributed by atoms with Crippen molar-refractivity contribution in [2.75, 3.05) is 13.1 Å². The predicted octanol–water partition coefficient (Wildman–Crippen LogP) is 3.03. The van der Waals surface area contributed by atoms with Gasteiger partial charge in [-0.05, 0) is 43.2 Å². The first kappa shape index (κ1) is 19.4. The summed E-state index contributed by atoms with van der Waals surface area (Å²) in [7, 11) is -7.16. The van der Waals surface area contributed by atoms with Crippen LogP contribution in [0.5, 0.6) is 0 Å². The summed E-state index contributed by atoms with van der Waals surface area (Å²) in [6.45, 7) is 2.10. The van der Waals surface area contributed by atoms with Crippen LogP contribution in [0.4, 0.5) is 0 Å². The SMILES string of the molecule is Cc1cccc(CS(=O)(=O)N2CCC(S(=O)(=O)c3ccc(Cl)cc3)C2)c1. The van der Waals surface area contributed by atoms with Crippen molar-refractivity contribution in [3.8, 4) is 0 Å². The van der Waals surface area contributed by atoms with Gasteiger partial charge in [0.25, 0.3) is 0 Å². The summed E-state index contributed by atoms with van der Waals surface area (Å²) in [5.74, 6) is -0.123. The zero-order chi connectivity index (χ0) is 18.9. The Labute approximate surface area is 159 Å². The quantitative estimate of drug-likeness (QED) is 0.755. The van der Waals surface area contributed by atoms with E-state index in [4.69, 9.17) is 11.6 Å². The van der Waals surface area contributed by atoms with Crippen molar-refractivity contribution >= 4 is 31.5 Å². The molecule has 0 amide bonds. The Kier molecular flexibility index (Phi) is 5.44. The van der Waals surface area contributed by atoms with Gasteiger partial charge in [-0.1, -0.05) is 41.4 Å². The topological polar surface area (TPSA) is 71.5 Å². The molecule has 1 fully saturated rings. The molecule has 0 aliphatic carbocycles. The van der Waals surface area contributed by atoms with Crippen LogP contribution in [0.2, 0.25) is 5.02 Å². The maximum atomic E-state index is 12.8. The second-order valence-electron chi connectivity index (χ2n) is 6.51. The van der Waals surface area contributed by atoms with Crippen LogP contribution >= 0.6 is 11.6 Å². The van der Waals surface area contributed by atoms with E-state index in [1.54, 1.807) is 6.07 Å². The van der Waals surface area contributed by atoms with Crippen molar-refractivity contribution in [2.24, 2.45) is 0 Å². The lowest BCUT2D eigenvalue weighted by atomic mass is 10.2. The van der Waals surface area contributed by atoms with Crippen molar-refractivity contribution in [3.05, 3.63) is 64.7 Å². The zero-order valence-electron chi connectivity index (χ0n) is 14.3. The third-order valence-electron chi connectivity index (χ3n) is 4.51. The predicted molar refractivity (Wildman–Crippen MR) is 102 cm³/mol. The normalized spacial score (nSPS) is 18.9. The Morgan fingerprint density at radius 1 is 1.08 bits per heavy atom. The number of aryl methyl sites for hydroxylation is 1. The van der Waals surface area contributed by atoms with Gasteiger partial charge in [0.05, 0.1) is 15.9 Å². The molecule has 0 bridgehead atoms. The minimum absolute atomic E-state index is 0.0148. The van der Waals surface area contributed by atoms with Gasteiger partial charge in [-0.15, -0.1) is 0 Å². The average Bonchev–Trinajstić information content (AvgIpc) is 3.06. The van der Waals surface area contributed by atoms with Gasteiger partial charge in [0.1, 0.15) is 0 Å². The van der Waals surface area contributed by atoms with Crippen molar-refractivity contribution in [2.45, 2.75) is 29.2 Å². The summed E-state index contributed by atoms with van der Waals surface area (Å²) in [4.78, 5) is 0.171. The average molecular weight is 414 g/mol. The molecule has 5 nitrogen and oxygen atoms in total.